The van der Waals surface area contributed by atoms with Gasteiger partial charge in [0.05, 0.1) is 17.6 Å². The number of benzene rings is 1. The summed E-state index contributed by atoms with van der Waals surface area (Å²) in [5.41, 5.74) is -0.313. The van der Waals surface area contributed by atoms with E-state index in [-0.39, 0.29) is 41.8 Å². The molecular weight excluding hydrogens is 408 g/mol. The molecule has 0 aliphatic carbocycles. The number of sulfonamides is 1. The summed E-state index contributed by atoms with van der Waals surface area (Å²) in [4.78, 5) is 13.6. The van der Waals surface area contributed by atoms with Crippen LogP contribution in [0.15, 0.2) is 23.1 Å². The van der Waals surface area contributed by atoms with Crippen LogP contribution in [-0.2, 0) is 14.8 Å². The molecule has 2 rings (SSSR count). The van der Waals surface area contributed by atoms with E-state index in [9.17, 15) is 17.6 Å². The maximum absolute atomic E-state index is 13.3. The molecule has 1 fully saturated rings. The first-order valence-electron chi connectivity index (χ1n) is 7.74. The Morgan fingerprint density at radius 2 is 1.96 bits per heavy atom. The first kappa shape index (κ1) is 25.0. The molecule has 26 heavy (non-hydrogen) atoms. The third kappa shape index (κ3) is 6.98. The summed E-state index contributed by atoms with van der Waals surface area (Å²) < 4.78 is 45.0. The van der Waals surface area contributed by atoms with E-state index in [1.54, 1.807) is 0 Å². The quantitative estimate of drug-likeness (QED) is 0.495. The minimum Gasteiger partial charge on any atom is -0.465 e. The minimum absolute atomic E-state index is 0. The molecule has 1 heterocycles. The molecule has 7 nitrogen and oxygen atoms in total. The van der Waals surface area contributed by atoms with E-state index in [0.717, 1.165) is 58.0 Å². The summed E-state index contributed by atoms with van der Waals surface area (Å²) in [5, 5.41) is 3.25. The highest BCUT2D eigenvalue weighted by molar-refractivity contribution is 7.89. The van der Waals surface area contributed by atoms with E-state index in [1.807, 2.05) is 0 Å². The highest BCUT2D eigenvalue weighted by Gasteiger charge is 2.23. The molecule has 0 amide bonds. The average molecular weight is 432 g/mol. The van der Waals surface area contributed by atoms with Crippen molar-refractivity contribution in [1.82, 2.24) is 14.9 Å². The molecule has 1 aromatic carbocycles. The van der Waals surface area contributed by atoms with Crippen LogP contribution in [0.5, 0.6) is 0 Å². The Balaban J connectivity index is 0.00000312. The van der Waals surface area contributed by atoms with Crippen LogP contribution in [0.2, 0.25) is 0 Å². The molecule has 0 bridgehead atoms. The molecular formula is C15H24Cl2FN3O4S. The van der Waals surface area contributed by atoms with Gasteiger partial charge in [-0.05, 0) is 31.2 Å². The van der Waals surface area contributed by atoms with E-state index in [4.69, 9.17) is 0 Å². The first-order valence-corrected chi connectivity index (χ1v) is 9.23. The van der Waals surface area contributed by atoms with Gasteiger partial charge in [0.2, 0.25) is 10.0 Å². The molecule has 2 N–H and O–H groups in total. The van der Waals surface area contributed by atoms with Gasteiger partial charge in [0.15, 0.2) is 0 Å². The Kier molecular flexibility index (Phi) is 11.2. The normalized spacial score (nSPS) is 14.8. The van der Waals surface area contributed by atoms with Crippen molar-refractivity contribution >= 4 is 40.8 Å². The van der Waals surface area contributed by atoms with Crippen molar-refractivity contribution in [1.29, 1.82) is 0 Å². The lowest BCUT2D eigenvalue weighted by atomic mass is 10.2. The Morgan fingerprint density at radius 3 is 2.58 bits per heavy atom. The standard InChI is InChI=1S/C15H22FN3O4S.2ClH/c1-23-15(20)13-11-12(16)3-4-14(13)24(21,22)18-5-2-8-19-9-6-17-7-10-19;;/h3-4,11,17-18H,2,5-10H2,1H3;2*1H. The van der Waals surface area contributed by atoms with Gasteiger partial charge in [0, 0.05) is 32.7 Å². The summed E-state index contributed by atoms with van der Waals surface area (Å²) in [5.74, 6) is -1.59. The van der Waals surface area contributed by atoms with Crippen molar-refractivity contribution in [2.75, 3.05) is 46.4 Å². The lowest BCUT2D eigenvalue weighted by Crippen LogP contribution is -2.44. The van der Waals surface area contributed by atoms with Gasteiger partial charge in [0.1, 0.15) is 5.82 Å². The molecule has 0 radical (unpaired) electrons. The molecule has 0 spiro atoms. The fourth-order valence-corrected chi connectivity index (χ4v) is 3.78. The van der Waals surface area contributed by atoms with E-state index >= 15 is 0 Å². The summed E-state index contributed by atoms with van der Waals surface area (Å²) in [7, 11) is -2.80. The second-order valence-corrected chi connectivity index (χ2v) is 7.21. The van der Waals surface area contributed by atoms with Gasteiger partial charge >= 0.3 is 5.97 Å². The number of hydrogen-bond acceptors (Lipinski definition) is 6. The van der Waals surface area contributed by atoms with Crippen LogP contribution in [0, 0.1) is 5.82 Å². The number of ether oxygens (including phenoxy) is 1. The van der Waals surface area contributed by atoms with E-state index in [1.165, 1.54) is 0 Å². The number of esters is 1. The van der Waals surface area contributed by atoms with Crippen molar-refractivity contribution in [3.05, 3.63) is 29.6 Å². The number of hydrogen-bond donors (Lipinski definition) is 2. The average Bonchev–Trinajstić information content (AvgIpc) is 2.58. The lowest BCUT2D eigenvalue weighted by molar-refractivity contribution is 0.0595. The van der Waals surface area contributed by atoms with Gasteiger partial charge in [-0.2, -0.15) is 0 Å². The number of carbonyl (C=O) groups is 1. The SMILES string of the molecule is COC(=O)c1cc(F)ccc1S(=O)(=O)NCCCN1CCNCC1.Cl.Cl. The highest BCUT2D eigenvalue weighted by atomic mass is 35.5. The van der Waals surface area contributed by atoms with E-state index < -0.39 is 21.8 Å². The van der Waals surface area contributed by atoms with Crippen LogP contribution >= 0.6 is 24.8 Å². The lowest BCUT2D eigenvalue weighted by Gasteiger charge is -2.27. The second-order valence-electron chi connectivity index (χ2n) is 5.48. The number of nitrogens with zero attached hydrogens (tertiary/aromatic N) is 1. The summed E-state index contributed by atoms with van der Waals surface area (Å²) >= 11 is 0. The van der Waals surface area contributed by atoms with Gasteiger partial charge in [-0.25, -0.2) is 22.3 Å². The van der Waals surface area contributed by atoms with Gasteiger partial charge in [0.25, 0.3) is 0 Å². The fourth-order valence-electron chi connectivity index (χ4n) is 2.53. The maximum atomic E-state index is 13.3. The smallest absolute Gasteiger partial charge is 0.339 e. The van der Waals surface area contributed by atoms with Crippen LogP contribution in [0.4, 0.5) is 4.39 Å². The Morgan fingerprint density at radius 1 is 1.31 bits per heavy atom. The van der Waals surface area contributed by atoms with Crippen LogP contribution < -0.4 is 10.0 Å². The highest BCUT2D eigenvalue weighted by Crippen LogP contribution is 2.18. The Bertz CT molecular complexity index is 685. The van der Waals surface area contributed by atoms with Crippen molar-refractivity contribution in [2.24, 2.45) is 0 Å². The number of halogens is 3. The van der Waals surface area contributed by atoms with Gasteiger partial charge in [-0.1, -0.05) is 0 Å². The van der Waals surface area contributed by atoms with Gasteiger partial charge in [-0.3, -0.25) is 0 Å². The minimum atomic E-state index is -3.91. The number of rotatable bonds is 7. The molecule has 150 valence electrons. The Hall–Kier alpha value is -0.970. The van der Waals surface area contributed by atoms with Crippen LogP contribution in [-0.4, -0.2) is 65.7 Å². The number of methoxy groups -OCH3 is 1. The molecule has 11 heteroatoms. The van der Waals surface area contributed by atoms with Gasteiger partial charge < -0.3 is 15.0 Å². The van der Waals surface area contributed by atoms with Crippen molar-refractivity contribution in [3.63, 3.8) is 0 Å². The molecule has 1 aromatic rings. The van der Waals surface area contributed by atoms with Crippen molar-refractivity contribution in [3.8, 4) is 0 Å². The van der Waals surface area contributed by atoms with Crippen LogP contribution in [0.25, 0.3) is 0 Å². The molecule has 1 saturated heterocycles. The number of carbonyl (C=O) groups excluding carboxylic acids is 1. The second kappa shape index (κ2) is 11.7. The predicted molar refractivity (Wildman–Crippen MR) is 101 cm³/mol. The topological polar surface area (TPSA) is 87.7 Å². The number of piperazine rings is 1. The van der Waals surface area contributed by atoms with Crippen LogP contribution in [0.1, 0.15) is 16.8 Å². The Labute approximate surface area is 165 Å². The maximum Gasteiger partial charge on any atom is 0.339 e. The zero-order chi connectivity index (χ0) is 17.6. The first-order chi connectivity index (χ1) is 11.4. The largest absolute Gasteiger partial charge is 0.465 e. The van der Waals surface area contributed by atoms with E-state index in [0.29, 0.717) is 6.42 Å². The monoisotopic (exact) mass is 431 g/mol. The fraction of sp³-hybridized carbons (Fsp3) is 0.533. The van der Waals surface area contributed by atoms with Crippen molar-refractivity contribution in [2.45, 2.75) is 11.3 Å². The predicted octanol–water partition coefficient (Wildman–Crippen LogP) is 1.03. The van der Waals surface area contributed by atoms with Crippen LogP contribution in [0.3, 0.4) is 0 Å². The molecule has 1 aliphatic heterocycles. The number of nitrogens with one attached hydrogen (secondary N) is 2. The zero-order valence-electron chi connectivity index (χ0n) is 14.4. The molecule has 0 saturated carbocycles. The molecule has 0 aromatic heterocycles. The third-order valence-corrected chi connectivity index (χ3v) is 5.31. The summed E-state index contributed by atoms with van der Waals surface area (Å²) in [6.07, 6.45) is 0.647. The molecule has 0 atom stereocenters. The molecule has 0 unspecified atom stereocenters. The zero-order valence-corrected chi connectivity index (χ0v) is 16.8. The van der Waals surface area contributed by atoms with Gasteiger partial charge in [-0.15, -0.1) is 24.8 Å². The summed E-state index contributed by atoms with van der Waals surface area (Å²) in [6.45, 7) is 4.78. The molecule has 1 aliphatic rings. The van der Waals surface area contributed by atoms with Crippen molar-refractivity contribution < 1.29 is 22.3 Å². The third-order valence-electron chi connectivity index (χ3n) is 3.79. The van der Waals surface area contributed by atoms with E-state index in [2.05, 4.69) is 19.7 Å². The summed E-state index contributed by atoms with van der Waals surface area (Å²) in [6, 6.07) is 2.93.